The van der Waals surface area contributed by atoms with Gasteiger partial charge in [0, 0.05) is 18.3 Å². The van der Waals surface area contributed by atoms with E-state index in [0.717, 1.165) is 32.4 Å². The van der Waals surface area contributed by atoms with Crippen LogP contribution in [0.5, 0.6) is 0 Å². The fourth-order valence-corrected chi connectivity index (χ4v) is 2.23. The molecule has 0 bridgehead atoms. The largest absolute Gasteiger partial charge is 0.306 e. The molecule has 2 atom stereocenters. The van der Waals surface area contributed by atoms with Crippen molar-refractivity contribution in [1.82, 2.24) is 4.90 Å². The minimum Gasteiger partial charge on any atom is -0.306 e. The molecular formula is C14H24N2O. The molecule has 3 heteroatoms. The molecular weight excluding hydrogens is 212 g/mol. The summed E-state index contributed by atoms with van der Waals surface area (Å²) in [6, 6.07) is 0. The summed E-state index contributed by atoms with van der Waals surface area (Å²) in [5, 5.41) is 0. The summed E-state index contributed by atoms with van der Waals surface area (Å²) in [4.78, 5) is 18.6. The van der Waals surface area contributed by atoms with Crippen molar-refractivity contribution in [1.29, 1.82) is 0 Å². The lowest BCUT2D eigenvalue weighted by molar-refractivity contribution is -0.124. The number of likely N-dealkylation sites (tertiary alicyclic amines) is 1. The van der Waals surface area contributed by atoms with Crippen molar-refractivity contribution in [2.24, 2.45) is 16.8 Å². The predicted octanol–water partition coefficient (Wildman–Crippen LogP) is 2.53. The molecule has 0 radical (unpaired) electrons. The minimum atomic E-state index is -0.0559. The zero-order valence-electron chi connectivity index (χ0n) is 11.2. The summed E-state index contributed by atoms with van der Waals surface area (Å²) in [7, 11) is 2.13. The van der Waals surface area contributed by atoms with Crippen LogP contribution in [-0.2, 0) is 4.79 Å². The Morgan fingerprint density at radius 2 is 2.18 bits per heavy atom. The van der Waals surface area contributed by atoms with E-state index in [0.29, 0.717) is 5.78 Å². The van der Waals surface area contributed by atoms with Crippen LogP contribution >= 0.6 is 0 Å². The first-order chi connectivity index (χ1) is 8.15. The molecule has 0 aromatic heterocycles. The van der Waals surface area contributed by atoms with Gasteiger partial charge in [-0.3, -0.25) is 9.79 Å². The third kappa shape index (κ3) is 4.82. The molecule has 1 aliphatic rings. The number of rotatable bonds is 4. The number of ketones is 1. The molecule has 0 N–H and O–H groups in total. The molecule has 0 saturated carbocycles. The van der Waals surface area contributed by atoms with Crippen LogP contribution in [0, 0.1) is 11.8 Å². The molecule has 3 nitrogen and oxygen atoms in total. The number of Topliss-reactive ketones (excluding diaryl/α,β-unsaturated/α-hetero) is 1. The number of carbonyl (C=O) groups is 1. The lowest BCUT2D eigenvalue weighted by Crippen LogP contribution is -2.24. The predicted molar refractivity (Wildman–Crippen MR) is 72.3 cm³/mol. The standard InChI is InChI=1S/C14H24N2O/c1-4-8-15-11-12(2)14(17)13-6-5-9-16(3)10-7-13/h4,8,11-13H,5-7,9-10H2,1-3H3/b8-4-,15-11-/t12-,13?/m0/s1. The number of hydrogen-bond donors (Lipinski definition) is 0. The summed E-state index contributed by atoms with van der Waals surface area (Å²) in [5.74, 6) is 0.528. The van der Waals surface area contributed by atoms with Gasteiger partial charge in [0.2, 0.25) is 0 Å². The summed E-state index contributed by atoms with van der Waals surface area (Å²) >= 11 is 0. The number of hydrogen-bond acceptors (Lipinski definition) is 3. The topological polar surface area (TPSA) is 32.7 Å². The van der Waals surface area contributed by atoms with Crippen LogP contribution in [-0.4, -0.2) is 37.0 Å². The van der Waals surface area contributed by atoms with Gasteiger partial charge in [-0.05, 0) is 46.3 Å². The summed E-state index contributed by atoms with van der Waals surface area (Å²) in [5.41, 5.74) is 0. The van der Waals surface area contributed by atoms with Crippen molar-refractivity contribution in [3.63, 3.8) is 0 Å². The Labute approximate surface area is 105 Å². The summed E-state index contributed by atoms with van der Waals surface area (Å²) in [6.07, 6.45) is 8.52. The highest BCUT2D eigenvalue weighted by Crippen LogP contribution is 2.20. The van der Waals surface area contributed by atoms with Gasteiger partial charge in [-0.2, -0.15) is 0 Å². The maximum atomic E-state index is 12.2. The molecule has 96 valence electrons. The van der Waals surface area contributed by atoms with Gasteiger partial charge >= 0.3 is 0 Å². The SMILES string of the molecule is C/C=C\N=C/[C@H](C)C(=O)C1CCCN(C)CC1. The molecule has 0 spiro atoms. The van der Waals surface area contributed by atoms with E-state index in [1.165, 1.54) is 0 Å². The maximum absolute atomic E-state index is 12.2. The van der Waals surface area contributed by atoms with Gasteiger partial charge in [0.05, 0.1) is 5.92 Å². The van der Waals surface area contributed by atoms with Crippen LogP contribution < -0.4 is 0 Å². The first kappa shape index (κ1) is 14.1. The quantitative estimate of drug-likeness (QED) is 0.703. The summed E-state index contributed by atoms with van der Waals surface area (Å²) < 4.78 is 0. The Balaban J connectivity index is 2.50. The van der Waals surface area contributed by atoms with Gasteiger partial charge in [-0.1, -0.05) is 13.0 Å². The molecule has 1 fully saturated rings. The normalized spacial score (nSPS) is 25.2. The number of carbonyl (C=O) groups excluding carboxylic acids is 1. The van der Waals surface area contributed by atoms with E-state index in [9.17, 15) is 4.79 Å². The molecule has 0 aromatic rings. The Hall–Kier alpha value is -0.960. The van der Waals surface area contributed by atoms with Crippen molar-refractivity contribution < 1.29 is 4.79 Å². The van der Waals surface area contributed by atoms with Crippen LogP contribution in [0.1, 0.15) is 33.1 Å². The molecule has 1 heterocycles. The van der Waals surface area contributed by atoms with Crippen LogP contribution in [0.15, 0.2) is 17.3 Å². The second kappa shape index (κ2) is 7.38. The molecule has 1 saturated heterocycles. The molecule has 0 amide bonds. The van der Waals surface area contributed by atoms with E-state index < -0.39 is 0 Å². The molecule has 1 aliphatic heterocycles. The van der Waals surface area contributed by atoms with Crippen molar-refractivity contribution >= 4 is 12.0 Å². The van der Waals surface area contributed by atoms with Crippen molar-refractivity contribution in [2.75, 3.05) is 20.1 Å². The fourth-order valence-electron chi connectivity index (χ4n) is 2.23. The van der Waals surface area contributed by atoms with Crippen LogP contribution in [0.2, 0.25) is 0 Å². The Kier molecular flexibility index (Phi) is 6.12. The van der Waals surface area contributed by atoms with Crippen molar-refractivity contribution in [2.45, 2.75) is 33.1 Å². The van der Waals surface area contributed by atoms with E-state index in [1.54, 1.807) is 12.4 Å². The van der Waals surface area contributed by atoms with E-state index in [4.69, 9.17) is 0 Å². The molecule has 1 rings (SSSR count). The first-order valence-corrected chi connectivity index (χ1v) is 6.52. The maximum Gasteiger partial charge on any atom is 0.144 e. The average Bonchev–Trinajstić information content (AvgIpc) is 2.53. The van der Waals surface area contributed by atoms with Gasteiger partial charge in [0.15, 0.2) is 0 Å². The minimum absolute atomic E-state index is 0.0559. The molecule has 17 heavy (non-hydrogen) atoms. The van der Waals surface area contributed by atoms with Gasteiger partial charge in [0.1, 0.15) is 5.78 Å². The van der Waals surface area contributed by atoms with E-state index >= 15 is 0 Å². The fraction of sp³-hybridized carbons (Fsp3) is 0.714. The Morgan fingerprint density at radius 3 is 2.88 bits per heavy atom. The Bertz CT molecular complexity index is 297. The van der Waals surface area contributed by atoms with Gasteiger partial charge in [-0.25, -0.2) is 0 Å². The van der Waals surface area contributed by atoms with Gasteiger partial charge < -0.3 is 4.90 Å². The molecule has 0 aliphatic carbocycles. The summed E-state index contributed by atoms with van der Waals surface area (Å²) in [6.45, 7) is 6.02. The molecule has 0 aromatic carbocycles. The lowest BCUT2D eigenvalue weighted by Gasteiger charge is -2.15. The second-order valence-corrected chi connectivity index (χ2v) is 4.90. The molecule has 1 unspecified atom stereocenters. The lowest BCUT2D eigenvalue weighted by atomic mass is 9.89. The highest BCUT2D eigenvalue weighted by molar-refractivity contribution is 5.96. The average molecular weight is 236 g/mol. The third-order valence-electron chi connectivity index (χ3n) is 3.35. The second-order valence-electron chi connectivity index (χ2n) is 4.90. The van der Waals surface area contributed by atoms with Gasteiger partial charge in [0.25, 0.3) is 0 Å². The monoisotopic (exact) mass is 236 g/mol. The smallest absolute Gasteiger partial charge is 0.144 e. The zero-order chi connectivity index (χ0) is 12.7. The number of nitrogens with zero attached hydrogens (tertiary/aromatic N) is 2. The van der Waals surface area contributed by atoms with E-state index in [-0.39, 0.29) is 11.8 Å². The van der Waals surface area contributed by atoms with Crippen LogP contribution in [0.3, 0.4) is 0 Å². The highest BCUT2D eigenvalue weighted by Gasteiger charge is 2.24. The van der Waals surface area contributed by atoms with Crippen molar-refractivity contribution in [3.8, 4) is 0 Å². The zero-order valence-corrected chi connectivity index (χ0v) is 11.2. The highest BCUT2D eigenvalue weighted by atomic mass is 16.1. The van der Waals surface area contributed by atoms with Crippen LogP contribution in [0.4, 0.5) is 0 Å². The number of allylic oxidation sites excluding steroid dienone is 1. The van der Waals surface area contributed by atoms with Gasteiger partial charge in [-0.15, -0.1) is 0 Å². The van der Waals surface area contributed by atoms with E-state index in [1.807, 2.05) is 19.9 Å². The number of aliphatic imine (C=N–C) groups is 1. The third-order valence-corrected chi connectivity index (χ3v) is 3.35. The Morgan fingerprint density at radius 1 is 1.41 bits per heavy atom. The first-order valence-electron chi connectivity index (χ1n) is 6.52. The van der Waals surface area contributed by atoms with Crippen molar-refractivity contribution in [3.05, 3.63) is 12.3 Å². The van der Waals surface area contributed by atoms with Crippen LogP contribution in [0.25, 0.3) is 0 Å². The van der Waals surface area contributed by atoms with E-state index in [2.05, 4.69) is 16.9 Å².